The smallest absolute Gasteiger partial charge is 0.191 e. The van der Waals surface area contributed by atoms with Crippen LogP contribution in [0.2, 0.25) is 18.1 Å². The molecule has 0 heterocycles. The van der Waals surface area contributed by atoms with Gasteiger partial charge in [-0.3, -0.25) is 0 Å². The van der Waals surface area contributed by atoms with E-state index in [1.807, 2.05) is 0 Å². The minimum absolute atomic E-state index is 0.237. The van der Waals surface area contributed by atoms with Crippen LogP contribution in [0.1, 0.15) is 110 Å². The Morgan fingerprint density at radius 3 is 1.83 bits per heavy atom. The molecular formula is C27H50O2Si. The maximum Gasteiger partial charge on any atom is 0.191 e. The molecule has 1 aromatic rings. The Balaban J connectivity index is 2.29. The number of ether oxygens (including phenoxy) is 1. The molecule has 0 aliphatic heterocycles. The fraction of sp³-hybridized carbons (Fsp3) is 0.778. The summed E-state index contributed by atoms with van der Waals surface area (Å²) in [4.78, 5) is 0. The summed E-state index contributed by atoms with van der Waals surface area (Å²) in [6.45, 7) is 11.0. The Morgan fingerprint density at radius 2 is 1.23 bits per heavy atom. The van der Waals surface area contributed by atoms with Crippen LogP contribution in [-0.2, 0) is 9.16 Å². The molecule has 30 heavy (non-hydrogen) atoms. The van der Waals surface area contributed by atoms with E-state index in [-0.39, 0.29) is 6.10 Å². The summed E-state index contributed by atoms with van der Waals surface area (Å²) in [5, 5.41) is 0. The van der Waals surface area contributed by atoms with Crippen molar-refractivity contribution in [3.05, 3.63) is 35.9 Å². The Labute approximate surface area is 189 Å². The standard InChI is InChI=1S/C27H50O2Si/c1-5-9-10-11-12-13-14-19-24-28-27(26-21-16-15-17-22-26)23-18-20-25-29-30(6-2,7-3)8-4/h15-17,21-22,27H,5-14,18-20,23-25H2,1-4H3. The van der Waals surface area contributed by atoms with Gasteiger partial charge >= 0.3 is 0 Å². The van der Waals surface area contributed by atoms with E-state index in [2.05, 4.69) is 58.0 Å². The lowest BCUT2D eigenvalue weighted by Gasteiger charge is -2.28. The molecule has 0 aromatic heterocycles. The van der Waals surface area contributed by atoms with Gasteiger partial charge in [-0.2, -0.15) is 0 Å². The Morgan fingerprint density at radius 1 is 0.667 bits per heavy atom. The van der Waals surface area contributed by atoms with E-state index in [1.54, 1.807) is 0 Å². The minimum Gasteiger partial charge on any atom is -0.417 e. The quantitative estimate of drug-likeness (QED) is 0.150. The molecule has 0 radical (unpaired) electrons. The summed E-state index contributed by atoms with van der Waals surface area (Å²) in [6.07, 6.45) is 14.5. The zero-order valence-electron chi connectivity index (χ0n) is 20.6. The van der Waals surface area contributed by atoms with E-state index >= 15 is 0 Å². The van der Waals surface area contributed by atoms with Gasteiger partial charge in [-0.25, -0.2) is 0 Å². The lowest BCUT2D eigenvalue weighted by atomic mass is 10.0. The van der Waals surface area contributed by atoms with E-state index in [0.717, 1.165) is 26.1 Å². The van der Waals surface area contributed by atoms with Crippen molar-refractivity contribution in [3.8, 4) is 0 Å². The lowest BCUT2D eigenvalue weighted by molar-refractivity contribution is 0.0415. The second-order valence-corrected chi connectivity index (χ2v) is 13.6. The predicted molar refractivity (Wildman–Crippen MR) is 135 cm³/mol. The minimum atomic E-state index is -1.43. The third-order valence-corrected chi connectivity index (χ3v) is 11.4. The molecule has 0 amide bonds. The highest BCUT2D eigenvalue weighted by Gasteiger charge is 2.28. The summed E-state index contributed by atoms with van der Waals surface area (Å²) in [5.41, 5.74) is 1.33. The van der Waals surface area contributed by atoms with Crippen LogP contribution in [0.25, 0.3) is 0 Å². The average Bonchev–Trinajstić information content (AvgIpc) is 2.80. The second-order valence-electron chi connectivity index (χ2n) is 8.83. The molecule has 1 unspecified atom stereocenters. The van der Waals surface area contributed by atoms with Gasteiger partial charge in [0.2, 0.25) is 0 Å². The first-order valence-electron chi connectivity index (χ1n) is 13.0. The fourth-order valence-corrected chi connectivity index (χ4v) is 6.94. The van der Waals surface area contributed by atoms with Gasteiger partial charge in [0.1, 0.15) is 0 Å². The van der Waals surface area contributed by atoms with Gasteiger partial charge in [-0.15, -0.1) is 0 Å². The van der Waals surface area contributed by atoms with Crippen LogP contribution < -0.4 is 0 Å². The van der Waals surface area contributed by atoms with Crippen LogP contribution >= 0.6 is 0 Å². The molecule has 0 spiro atoms. The lowest BCUT2D eigenvalue weighted by Crippen LogP contribution is -2.36. The van der Waals surface area contributed by atoms with E-state index in [9.17, 15) is 0 Å². The maximum atomic E-state index is 6.42. The fourth-order valence-electron chi connectivity index (χ4n) is 4.25. The molecule has 1 rings (SSSR count). The summed E-state index contributed by atoms with van der Waals surface area (Å²) in [5.74, 6) is 0. The second kappa shape index (κ2) is 18.0. The first-order valence-corrected chi connectivity index (χ1v) is 15.5. The zero-order valence-corrected chi connectivity index (χ0v) is 21.6. The van der Waals surface area contributed by atoms with Crippen molar-refractivity contribution in [3.63, 3.8) is 0 Å². The molecule has 1 atom stereocenters. The van der Waals surface area contributed by atoms with Gasteiger partial charge in [0.15, 0.2) is 8.32 Å². The van der Waals surface area contributed by atoms with Crippen molar-refractivity contribution >= 4 is 8.32 Å². The molecular weight excluding hydrogens is 384 g/mol. The summed E-state index contributed by atoms with van der Waals surface area (Å²) in [6, 6.07) is 14.5. The summed E-state index contributed by atoms with van der Waals surface area (Å²) in [7, 11) is -1.43. The van der Waals surface area contributed by atoms with Gasteiger partial charge < -0.3 is 9.16 Å². The van der Waals surface area contributed by atoms with Gasteiger partial charge in [-0.05, 0) is 49.4 Å². The largest absolute Gasteiger partial charge is 0.417 e. The number of benzene rings is 1. The number of hydrogen-bond donors (Lipinski definition) is 0. The summed E-state index contributed by atoms with van der Waals surface area (Å²) >= 11 is 0. The van der Waals surface area contributed by atoms with Crippen LogP contribution in [0, 0.1) is 0 Å². The Kier molecular flexibility index (Phi) is 16.4. The van der Waals surface area contributed by atoms with Crippen molar-refractivity contribution in [1.82, 2.24) is 0 Å². The van der Waals surface area contributed by atoms with Crippen LogP contribution in [0.5, 0.6) is 0 Å². The predicted octanol–water partition coefficient (Wildman–Crippen LogP) is 9.08. The van der Waals surface area contributed by atoms with Gasteiger partial charge in [-0.1, -0.05) is 103 Å². The highest BCUT2D eigenvalue weighted by atomic mass is 28.4. The molecule has 0 saturated carbocycles. The van der Waals surface area contributed by atoms with Gasteiger partial charge in [0, 0.05) is 13.2 Å². The van der Waals surface area contributed by atoms with Crippen molar-refractivity contribution in [1.29, 1.82) is 0 Å². The van der Waals surface area contributed by atoms with Crippen molar-refractivity contribution in [2.45, 2.75) is 123 Å². The Hall–Kier alpha value is -0.643. The SMILES string of the molecule is CCCCCCCCCCOC(CCCCO[Si](CC)(CC)CC)c1ccccc1. The molecule has 3 heteroatoms. The third-order valence-electron chi connectivity index (χ3n) is 6.69. The Bertz CT molecular complexity index is 479. The van der Waals surface area contributed by atoms with Crippen LogP contribution in [0.15, 0.2) is 30.3 Å². The molecule has 174 valence electrons. The van der Waals surface area contributed by atoms with Crippen molar-refractivity contribution in [2.24, 2.45) is 0 Å². The van der Waals surface area contributed by atoms with Crippen molar-refractivity contribution < 1.29 is 9.16 Å². The first-order chi connectivity index (χ1) is 14.7. The van der Waals surface area contributed by atoms with E-state index in [4.69, 9.17) is 9.16 Å². The average molecular weight is 435 g/mol. The maximum absolute atomic E-state index is 6.42. The highest BCUT2D eigenvalue weighted by Crippen LogP contribution is 2.25. The van der Waals surface area contributed by atoms with E-state index in [0.29, 0.717) is 0 Å². The van der Waals surface area contributed by atoms with Crippen LogP contribution in [0.3, 0.4) is 0 Å². The first kappa shape index (κ1) is 27.4. The third kappa shape index (κ3) is 11.7. The molecule has 0 fully saturated rings. The normalized spacial score (nSPS) is 12.9. The number of unbranched alkanes of at least 4 members (excludes halogenated alkanes) is 8. The molecule has 0 aliphatic rings. The molecule has 2 nitrogen and oxygen atoms in total. The van der Waals surface area contributed by atoms with Gasteiger partial charge in [0.25, 0.3) is 0 Å². The van der Waals surface area contributed by atoms with Crippen LogP contribution in [0.4, 0.5) is 0 Å². The highest BCUT2D eigenvalue weighted by molar-refractivity contribution is 6.73. The number of hydrogen-bond acceptors (Lipinski definition) is 2. The van der Waals surface area contributed by atoms with Crippen LogP contribution in [-0.4, -0.2) is 21.5 Å². The molecule has 0 bridgehead atoms. The topological polar surface area (TPSA) is 18.5 Å². The van der Waals surface area contributed by atoms with E-state index < -0.39 is 8.32 Å². The van der Waals surface area contributed by atoms with Gasteiger partial charge in [0.05, 0.1) is 6.10 Å². The molecule has 1 aromatic carbocycles. The molecule has 0 saturated heterocycles. The molecule has 0 aliphatic carbocycles. The number of rotatable bonds is 20. The zero-order chi connectivity index (χ0) is 21.9. The van der Waals surface area contributed by atoms with Crippen molar-refractivity contribution in [2.75, 3.05) is 13.2 Å². The molecule has 0 N–H and O–H groups in total. The monoisotopic (exact) mass is 434 g/mol. The summed E-state index contributed by atoms with van der Waals surface area (Å²) < 4.78 is 12.8. The van der Waals surface area contributed by atoms with E-state index in [1.165, 1.54) is 81.5 Å².